The first-order chi connectivity index (χ1) is 11.0. The molecule has 0 saturated carbocycles. The zero-order valence-corrected chi connectivity index (χ0v) is 12.1. The van der Waals surface area contributed by atoms with Gasteiger partial charge in [0, 0.05) is 22.6 Å². The molecule has 1 heterocycles. The summed E-state index contributed by atoms with van der Waals surface area (Å²) in [4.78, 5) is 11.9. The zero-order chi connectivity index (χ0) is 16.4. The molecule has 0 atom stereocenters. The number of amides is 1. The van der Waals surface area contributed by atoms with Gasteiger partial charge in [-0.1, -0.05) is 6.07 Å². The zero-order valence-electron chi connectivity index (χ0n) is 12.1. The van der Waals surface area contributed by atoms with Crippen molar-refractivity contribution in [3.8, 4) is 5.75 Å². The van der Waals surface area contributed by atoms with Gasteiger partial charge in [0.25, 0.3) is 5.69 Å². The van der Waals surface area contributed by atoms with E-state index in [1.54, 1.807) is 30.3 Å². The SMILES string of the molecule is C=[N+](O)c1ccc(OC(=O)Nc2ccc3c(c2)B(O)OC3)cc1. The van der Waals surface area contributed by atoms with Crippen molar-refractivity contribution in [2.75, 3.05) is 5.32 Å². The van der Waals surface area contributed by atoms with Gasteiger partial charge in [-0.3, -0.25) is 10.5 Å². The number of hydrogen-bond acceptors (Lipinski definition) is 5. The smallest absolute Gasteiger partial charge is 0.423 e. The van der Waals surface area contributed by atoms with E-state index in [1.165, 1.54) is 12.1 Å². The first kappa shape index (κ1) is 15.1. The third-order valence-electron chi connectivity index (χ3n) is 3.40. The Bertz CT molecular complexity index is 763. The highest BCUT2D eigenvalue weighted by Gasteiger charge is 2.27. The Morgan fingerprint density at radius 1 is 1.30 bits per heavy atom. The Kier molecular flexibility index (Phi) is 4.01. The number of hydrogen-bond donors (Lipinski definition) is 3. The van der Waals surface area contributed by atoms with Crippen LogP contribution in [-0.2, 0) is 11.3 Å². The van der Waals surface area contributed by atoms with E-state index in [2.05, 4.69) is 12.0 Å². The Labute approximate surface area is 132 Å². The molecule has 0 aliphatic carbocycles. The molecule has 3 rings (SSSR count). The summed E-state index contributed by atoms with van der Waals surface area (Å²) in [6, 6.07) is 11.3. The lowest BCUT2D eigenvalue weighted by atomic mass is 9.79. The summed E-state index contributed by atoms with van der Waals surface area (Å²) in [7, 11) is -0.973. The molecule has 116 valence electrons. The minimum atomic E-state index is -0.973. The molecule has 0 unspecified atom stereocenters. The summed E-state index contributed by atoms with van der Waals surface area (Å²) in [6.07, 6.45) is -0.665. The molecule has 0 bridgehead atoms. The average molecular weight is 313 g/mol. The van der Waals surface area contributed by atoms with E-state index < -0.39 is 13.2 Å². The van der Waals surface area contributed by atoms with Gasteiger partial charge in [0.1, 0.15) is 5.75 Å². The van der Waals surface area contributed by atoms with Crippen LogP contribution < -0.4 is 15.5 Å². The van der Waals surface area contributed by atoms with E-state index in [-0.39, 0.29) is 0 Å². The number of benzene rings is 2. The largest absolute Gasteiger partial charge is 0.491 e. The number of ether oxygens (including phenoxy) is 1. The highest BCUT2D eigenvalue weighted by molar-refractivity contribution is 6.61. The minimum absolute atomic E-state index is 0.317. The fraction of sp³-hybridized carbons (Fsp3) is 0.0667. The number of fused-ring (bicyclic) bond motifs is 1. The lowest BCUT2D eigenvalue weighted by molar-refractivity contribution is -0.706. The van der Waals surface area contributed by atoms with Crippen LogP contribution in [0.1, 0.15) is 5.56 Å². The van der Waals surface area contributed by atoms with Gasteiger partial charge in [-0.25, -0.2) is 4.79 Å². The molecule has 2 aromatic carbocycles. The highest BCUT2D eigenvalue weighted by Crippen LogP contribution is 2.18. The molecular weight excluding hydrogens is 299 g/mol. The summed E-state index contributed by atoms with van der Waals surface area (Å²) in [5.74, 6) is 0.317. The number of nitrogens with zero attached hydrogens (tertiary/aromatic N) is 1. The second kappa shape index (κ2) is 6.11. The van der Waals surface area contributed by atoms with Crippen molar-refractivity contribution >= 4 is 36.8 Å². The molecule has 1 amide bonds. The van der Waals surface area contributed by atoms with Crippen LogP contribution in [0.3, 0.4) is 0 Å². The van der Waals surface area contributed by atoms with Gasteiger partial charge in [0.15, 0.2) is 6.72 Å². The van der Waals surface area contributed by atoms with E-state index in [0.717, 1.165) is 5.56 Å². The second-order valence-corrected chi connectivity index (χ2v) is 4.98. The van der Waals surface area contributed by atoms with Crippen LogP contribution in [0, 0.1) is 0 Å². The Hall–Kier alpha value is -2.84. The van der Waals surface area contributed by atoms with Crippen LogP contribution in [0.4, 0.5) is 16.2 Å². The van der Waals surface area contributed by atoms with Crippen molar-refractivity contribution in [2.24, 2.45) is 0 Å². The molecule has 0 spiro atoms. The molecule has 0 radical (unpaired) electrons. The summed E-state index contributed by atoms with van der Waals surface area (Å²) in [6.45, 7) is 3.68. The Morgan fingerprint density at radius 3 is 2.74 bits per heavy atom. The fourth-order valence-corrected chi connectivity index (χ4v) is 2.23. The van der Waals surface area contributed by atoms with Crippen LogP contribution in [0.5, 0.6) is 5.75 Å². The lowest BCUT2D eigenvalue weighted by Crippen LogP contribution is -2.28. The van der Waals surface area contributed by atoms with Gasteiger partial charge in [0.2, 0.25) is 0 Å². The standard InChI is InChI=1S/C15H13BN2O5/c1-18(21)12-4-6-13(7-5-12)23-15(19)17-11-3-2-10-9-22-16(20)14(10)8-11/h2-8,20H,1,9H2,(H-,17,19,21)/p+1. The van der Waals surface area contributed by atoms with Crippen molar-refractivity contribution < 1.29 is 29.2 Å². The third-order valence-corrected chi connectivity index (χ3v) is 3.40. The van der Waals surface area contributed by atoms with Crippen LogP contribution in [0.15, 0.2) is 42.5 Å². The first-order valence-corrected chi connectivity index (χ1v) is 6.84. The molecule has 1 aliphatic heterocycles. The van der Waals surface area contributed by atoms with E-state index >= 15 is 0 Å². The quantitative estimate of drug-likeness (QED) is 0.261. The molecule has 2 aromatic rings. The predicted octanol–water partition coefficient (Wildman–Crippen LogP) is 1.25. The molecule has 1 aliphatic rings. The molecule has 3 N–H and O–H groups in total. The topological polar surface area (TPSA) is 91.0 Å². The number of carbonyl (C=O) groups is 1. The van der Waals surface area contributed by atoms with E-state index in [9.17, 15) is 9.82 Å². The van der Waals surface area contributed by atoms with Crippen molar-refractivity contribution in [1.29, 1.82) is 0 Å². The Balaban J connectivity index is 1.65. The lowest BCUT2D eigenvalue weighted by Gasteiger charge is -2.08. The number of rotatable bonds is 3. The van der Waals surface area contributed by atoms with Crippen LogP contribution in [-0.4, -0.2) is 34.9 Å². The molecule has 0 fully saturated rings. The number of anilines is 1. The van der Waals surface area contributed by atoms with Crippen molar-refractivity contribution in [1.82, 2.24) is 0 Å². The van der Waals surface area contributed by atoms with Gasteiger partial charge in [0.05, 0.1) is 6.61 Å². The van der Waals surface area contributed by atoms with Gasteiger partial charge in [-0.05, 0) is 35.3 Å². The van der Waals surface area contributed by atoms with Gasteiger partial charge in [-0.2, -0.15) is 0 Å². The van der Waals surface area contributed by atoms with Gasteiger partial charge >= 0.3 is 13.2 Å². The maximum Gasteiger partial charge on any atom is 0.491 e. The maximum atomic E-state index is 11.9. The van der Waals surface area contributed by atoms with Crippen molar-refractivity contribution in [2.45, 2.75) is 6.61 Å². The van der Waals surface area contributed by atoms with Crippen molar-refractivity contribution in [3.05, 3.63) is 48.0 Å². The summed E-state index contributed by atoms with van der Waals surface area (Å²) < 4.78 is 10.9. The van der Waals surface area contributed by atoms with Gasteiger partial charge < -0.3 is 14.4 Å². The molecule has 0 aromatic heterocycles. The molecule has 0 saturated heterocycles. The normalized spacial score (nSPS) is 12.7. The van der Waals surface area contributed by atoms with Crippen LogP contribution in [0.2, 0.25) is 0 Å². The molecule has 7 nitrogen and oxygen atoms in total. The van der Waals surface area contributed by atoms with Gasteiger partial charge in [-0.15, -0.1) is 0 Å². The van der Waals surface area contributed by atoms with E-state index in [4.69, 9.17) is 14.6 Å². The maximum absolute atomic E-state index is 11.9. The third kappa shape index (κ3) is 3.33. The monoisotopic (exact) mass is 313 g/mol. The summed E-state index contributed by atoms with van der Waals surface area (Å²) in [5, 5.41) is 21.4. The van der Waals surface area contributed by atoms with Crippen LogP contribution in [0.25, 0.3) is 0 Å². The minimum Gasteiger partial charge on any atom is -0.423 e. The first-order valence-electron chi connectivity index (χ1n) is 6.84. The Morgan fingerprint density at radius 2 is 2.04 bits per heavy atom. The van der Waals surface area contributed by atoms with E-state index in [0.29, 0.717) is 33.9 Å². The highest BCUT2D eigenvalue weighted by atomic mass is 16.6. The van der Waals surface area contributed by atoms with Crippen molar-refractivity contribution in [3.63, 3.8) is 0 Å². The predicted molar refractivity (Wildman–Crippen MR) is 83.8 cm³/mol. The van der Waals surface area contributed by atoms with E-state index in [1.807, 2.05) is 0 Å². The summed E-state index contributed by atoms with van der Waals surface area (Å²) >= 11 is 0. The number of carbonyl (C=O) groups excluding carboxylic acids is 1. The molecule has 23 heavy (non-hydrogen) atoms. The summed E-state index contributed by atoms with van der Waals surface area (Å²) in [5.41, 5.74) is 2.47. The molecule has 8 heteroatoms. The average Bonchev–Trinajstić information content (AvgIpc) is 2.89. The fourth-order valence-electron chi connectivity index (χ4n) is 2.23. The number of nitrogens with one attached hydrogen (secondary N) is 1. The van der Waals surface area contributed by atoms with Crippen LogP contribution >= 0.6 is 0 Å². The molecular formula is C15H14BN2O5+. The second-order valence-electron chi connectivity index (χ2n) is 4.98.